The van der Waals surface area contributed by atoms with Crippen molar-refractivity contribution in [3.63, 3.8) is 0 Å². The fraction of sp³-hybridized carbons (Fsp3) is 0.333. The maximum absolute atomic E-state index is 6.25. The molecule has 17 heavy (non-hydrogen) atoms. The topological polar surface area (TPSA) is 30.7 Å². The van der Waals surface area contributed by atoms with Crippen LogP contribution >= 0.6 is 27.5 Å². The highest BCUT2D eigenvalue weighted by molar-refractivity contribution is 9.08. The minimum atomic E-state index is 0.692. The summed E-state index contributed by atoms with van der Waals surface area (Å²) < 4.78 is 2.06. The maximum Gasteiger partial charge on any atom is 0.165 e. The fourth-order valence-corrected chi connectivity index (χ4v) is 2.50. The first-order valence-corrected chi connectivity index (χ1v) is 6.92. The zero-order valence-corrected chi connectivity index (χ0v) is 12.1. The fourth-order valence-electron chi connectivity index (χ4n) is 1.77. The van der Waals surface area contributed by atoms with Crippen molar-refractivity contribution >= 4 is 27.5 Å². The molecule has 1 heterocycles. The second kappa shape index (κ2) is 5.19. The molecule has 0 aliphatic heterocycles. The number of benzene rings is 1. The highest BCUT2D eigenvalue weighted by Gasteiger charge is 2.14. The predicted molar refractivity (Wildman–Crippen MR) is 73.5 cm³/mol. The quantitative estimate of drug-likeness (QED) is 0.806. The van der Waals surface area contributed by atoms with Crippen LogP contribution in [-0.4, -0.2) is 14.8 Å². The predicted octanol–water partition coefficient (Wildman–Crippen LogP) is 3.82. The van der Waals surface area contributed by atoms with Gasteiger partial charge in [0.05, 0.1) is 10.4 Å². The van der Waals surface area contributed by atoms with Gasteiger partial charge in [0.25, 0.3) is 0 Å². The van der Waals surface area contributed by atoms with Crippen molar-refractivity contribution in [1.82, 2.24) is 14.8 Å². The summed E-state index contributed by atoms with van der Waals surface area (Å²) >= 11 is 9.66. The molecule has 0 atom stereocenters. The van der Waals surface area contributed by atoms with E-state index in [9.17, 15) is 0 Å². The SMILES string of the molecule is CCn1c(CBr)nnc1-c1ccc(C)cc1Cl. The molecule has 0 saturated carbocycles. The normalized spacial score (nSPS) is 10.8. The smallest absolute Gasteiger partial charge is 0.165 e. The summed E-state index contributed by atoms with van der Waals surface area (Å²) in [5.74, 6) is 1.74. The van der Waals surface area contributed by atoms with Gasteiger partial charge in [-0.3, -0.25) is 0 Å². The van der Waals surface area contributed by atoms with E-state index in [-0.39, 0.29) is 0 Å². The van der Waals surface area contributed by atoms with E-state index in [1.807, 2.05) is 25.1 Å². The van der Waals surface area contributed by atoms with Gasteiger partial charge >= 0.3 is 0 Å². The highest BCUT2D eigenvalue weighted by Crippen LogP contribution is 2.28. The van der Waals surface area contributed by atoms with Gasteiger partial charge in [-0.15, -0.1) is 10.2 Å². The maximum atomic E-state index is 6.25. The molecule has 0 radical (unpaired) electrons. The number of hydrogen-bond acceptors (Lipinski definition) is 2. The third-order valence-electron chi connectivity index (χ3n) is 2.63. The lowest BCUT2D eigenvalue weighted by molar-refractivity contribution is 0.733. The number of hydrogen-bond donors (Lipinski definition) is 0. The van der Waals surface area contributed by atoms with Crippen molar-refractivity contribution in [2.24, 2.45) is 0 Å². The molecule has 1 aromatic carbocycles. The van der Waals surface area contributed by atoms with Crippen molar-refractivity contribution in [2.45, 2.75) is 25.7 Å². The van der Waals surface area contributed by atoms with Crippen LogP contribution in [0.2, 0.25) is 5.02 Å². The average molecular weight is 315 g/mol. The summed E-state index contributed by atoms with van der Waals surface area (Å²) in [6.07, 6.45) is 0. The Morgan fingerprint density at radius 2 is 2.12 bits per heavy atom. The highest BCUT2D eigenvalue weighted by atomic mass is 79.9. The van der Waals surface area contributed by atoms with E-state index in [2.05, 4.69) is 37.6 Å². The molecule has 5 heteroatoms. The minimum Gasteiger partial charge on any atom is -0.311 e. The van der Waals surface area contributed by atoms with Crippen LogP contribution in [-0.2, 0) is 11.9 Å². The molecule has 0 amide bonds. The van der Waals surface area contributed by atoms with Crippen LogP contribution in [0.1, 0.15) is 18.3 Å². The van der Waals surface area contributed by atoms with Crippen LogP contribution < -0.4 is 0 Å². The minimum absolute atomic E-state index is 0.692. The number of aryl methyl sites for hydroxylation is 1. The van der Waals surface area contributed by atoms with Crippen molar-refractivity contribution in [1.29, 1.82) is 0 Å². The molecule has 0 bridgehead atoms. The molecule has 0 aliphatic rings. The van der Waals surface area contributed by atoms with E-state index < -0.39 is 0 Å². The first-order chi connectivity index (χ1) is 8.17. The molecule has 0 saturated heterocycles. The summed E-state index contributed by atoms with van der Waals surface area (Å²) in [7, 11) is 0. The van der Waals surface area contributed by atoms with Crippen molar-refractivity contribution in [3.8, 4) is 11.4 Å². The monoisotopic (exact) mass is 313 g/mol. The summed E-state index contributed by atoms with van der Waals surface area (Å²) in [5, 5.41) is 9.78. The average Bonchev–Trinajstić information content (AvgIpc) is 2.71. The zero-order chi connectivity index (χ0) is 12.4. The summed E-state index contributed by atoms with van der Waals surface area (Å²) in [5.41, 5.74) is 2.07. The summed E-state index contributed by atoms with van der Waals surface area (Å²) in [6.45, 7) is 4.92. The third kappa shape index (κ3) is 2.38. The van der Waals surface area contributed by atoms with Crippen LogP contribution in [0.15, 0.2) is 18.2 Å². The molecule has 2 aromatic rings. The summed E-state index contributed by atoms with van der Waals surface area (Å²) in [4.78, 5) is 0. The van der Waals surface area contributed by atoms with Crippen molar-refractivity contribution in [2.75, 3.05) is 0 Å². The number of aromatic nitrogens is 3. The van der Waals surface area contributed by atoms with Crippen molar-refractivity contribution in [3.05, 3.63) is 34.6 Å². The van der Waals surface area contributed by atoms with E-state index in [0.29, 0.717) is 10.4 Å². The van der Waals surface area contributed by atoms with Crippen LogP contribution in [0.4, 0.5) is 0 Å². The van der Waals surface area contributed by atoms with E-state index in [0.717, 1.165) is 29.3 Å². The van der Waals surface area contributed by atoms with Crippen LogP contribution in [0.5, 0.6) is 0 Å². The third-order valence-corrected chi connectivity index (χ3v) is 3.44. The number of nitrogens with zero attached hydrogens (tertiary/aromatic N) is 3. The van der Waals surface area contributed by atoms with Crippen LogP contribution in [0, 0.1) is 6.92 Å². The lowest BCUT2D eigenvalue weighted by Crippen LogP contribution is -2.02. The van der Waals surface area contributed by atoms with Crippen LogP contribution in [0.25, 0.3) is 11.4 Å². The Hall–Kier alpha value is -0.870. The van der Waals surface area contributed by atoms with Gasteiger partial charge < -0.3 is 4.57 Å². The van der Waals surface area contributed by atoms with Gasteiger partial charge in [-0.2, -0.15) is 0 Å². The molecule has 0 unspecified atom stereocenters. The molecular weight excluding hydrogens is 302 g/mol. The molecule has 1 aromatic heterocycles. The van der Waals surface area contributed by atoms with Gasteiger partial charge in [-0.1, -0.05) is 33.6 Å². The molecular formula is C12H13BrClN3. The Bertz CT molecular complexity index is 537. The Labute approximate surface area is 114 Å². The van der Waals surface area contributed by atoms with Gasteiger partial charge in [0.15, 0.2) is 5.82 Å². The first kappa shape index (κ1) is 12.6. The molecule has 2 rings (SSSR count). The van der Waals surface area contributed by atoms with Gasteiger partial charge in [0.2, 0.25) is 0 Å². The second-order valence-corrected chi connectivity index (χ2v) is 4.77. The lowest BCUT2D eigenvalue weighted by Gasteiger charge is -2.08. The Morgan fingerprint density at radius 1 is 1.35 bits per heavy atom. The zero-order valence-electron chi connectivity index (χ0n) is 9.74. The van der Waals surface area contributed by atoms with E-state index in [4.69, 9.17) is 11.6 Å². The standard InChI is InChI=1S/C12H13BrClN3/c1-3-17-11(7-13)15-16-12(17)9-5-4-8(2)6-10(9)14/h4-6H,3,7H2,1-2H3. The van der Waals surface area contributed by atoms with Crippen molar-refractivity contribution < 1.29 is 0 Å². The summed E-state index contributed by atoms with van der Waals surface area (Å²) in [6, 6.07) is 5.97. The van der Waals surface area contributed by atoms with Gasteiger partial charge in [-0.25, -0.2) is 0 Å². The largest absolute Gasteiger partial charge is 0.311 e. The van der Waals surface area contributed by atoms with Gasteiger partial charge in [0.1, 0.15) is 5.82 Å². The second-order valence-electron chi connectivity index (χ2n) is 3.80. The van der Waals surface area contributed by atoms with E-state index >= 15 is 0 Å². The molecule has 0 spiro atoms. The number of alkyl halides is 1. The molecule has 90 valence electrons. The molecule has 0 fully saturated rings. The van der Waals surface area contributed by atoms with Gasteiger partial charge in [-0.05, 0) is 31.5 Å². The molecule has 0 N–H and O–H groups in total. The Morgan fingerprint density at radius 3 is 2.71 bits per heavy atom. The van der Waals surface area contributed by atoms with E-state index in [1.165, 1.54) is 0 Å². The van der Waals surface area contributed by atoms with Gasteiger partial charge in [0, 0.05) is 12.1 Å². The Kier molecular flexibility index (Phi) is 3.84. The Balaban J connectivity index is 2.56. The number of rotatable bonds is 3. The van der Waals surface area contributed by atoms with Crippen LogP contribution in [0.3, 0.4) is 0 Å². The molecule has 0 aliphatic carbocycles. The lowest BCUT2D eigenvalue weighted by atomic mass is 10.1. The van der Waals surface area contributed by atoms with E-state index in [1.54, 1.807) is 0 Å². The number of halogens is 2. The molecule has 3 nitrogen and oxygen atoms in total. The first-order valence-electron chi connectivity index (χ1n) is 5.42.